The summed E-state index contributed by atoms with van der Waals surface area (Å²) in [4.78, 5) is 13.7. The first-order chi connectivity index (χ1) is 7.00. The minimum absolute atomic E-state index is 0.00470. The van der Waals surface area contributed by atoms with E-state index in [2.05, 4.69) is 19.2 Å². The highest BCUT2D eigenvalue weighted by molar-refractivity contribution is 5.83. The average Bonchev–Trinajstić information content (AvgIpc) is 2.47. The lowest BCUT2D eigenvalue weighted by Gasteiger charge is -2.29. The molecule has 4 nitrogen and oxygen atoms in total. The van der Waals surface area contributed by atoms with Crippen LogP contribution in [0.3, 0.4) is 0 Å². The van der Waals surface area contributed by atoms with Gasteiger partial charge in [0.1, 0.15) is 0 Å². The van der Waals surface area contributed by atoms with Gasteiger partial charge in [-0.25, -0.2) is 0 Å². The quantitative estimate of drug-likeness (QED) is 0.688. The molecule has 15 heavy (non-hydrogen) atoms. The first kappa shape index (κ1) is 12.5. The third kappa shape index (κ3) is 3.18. The van der Waals surface area contributed by atoms with Crippen molar-refractivity contribution in [3.8, 4) is 0 Å². The van der Waals surface area contributed by atoms with Crippen molar-refractivity contribution in [3.63, 3.8) is 0 Å². The van der Waals surface area contributed by atoms with E-state index in [0.29, 0.717) is 0 Å². The van der Waals surface area contributed by atoms with Crippen LogP contribution in [0.1, 0.15) is 26.7 Å². The molecule has 88 valence electrons. The Morgan fingerprint density at radius 2 is 2.27 bits per heavy atom. The maximum atomic E-state index is 11.8. The molecule has 1 aliphatic heterocycles. The van der Waals surface area contributed by atoms with Gasteiger partial charge in [0.15, 0.2) is 0 Å². The van der Waals surface area contributed by atoms with Crippen molar-refractivity contribution in [2.45, 2.75) is 32.7 Å². The number of aliphatic hydroxyl groups excluding tert-OH is 1. The van der Waals surface area contributed by atoms with Gasteiger partial charge in [-0.05, 0) is 25.3 Å². The van der Waals surface area contributed by atoms with Gasteiger partial charge in [0, 0.05) is 19.7 Å². The molecule has 1 saturated heterocycles. The van der Waals surface area contributed by atoms with Gasteiger partial charge in [0.25, 0.3) is 0 Å². The summed E-state index contributed by atoms with van der Waals surface area (Å²) in [7, 11) is 1.82. The first-order valence-corrected chi connectivity index (χ1v) is 5.57. The lowest BCUT2D eigenvalue weighted by Crippen LogP contribution is -2.40. The number of hydrogen-bond donors (Lipinski definition) is 2. The van der Waals surface area contributed by atoms with Crippen molar-refractivity contribution in [2.24, 2.45) is 5.41 Å². The Bertz CT molecular complexity index is 229. The number of hydrogen-bond acceptors (Lipinski definition) is 3. The summed E-state index contributed by atoms with van der Waals surface area (Å²) in [5.41, 5.74) is 0.00699. The molecule has 0 aromatic rings. The Morgan fingerprint density at radius 3 is 2.73 bits per heavy atom. The van der Waals surface area contributed by atoms with E-state index < -0.39 is 0 Å². The summed E-state index contributed by atoms with van der Waals surface area (Å²) in [5, 5.41) is 11.9. The topological polar surface area (TPSA) is 52.6 Å². The molecule has 1 aliphatic rings. The zero-order valence-corrected chi connectivity index (χ0v) is 9.92. The molecule has 0 bridgehead atoms. The maximum absolute atomic E-state index is 11.8. The number of carbonyl (C=O) groups is 1. The van der Waals surface area contributed by atoms with Gasteiger partial charge in [-0.3, -0.25) is 4.79 Å². The van der Waals surface area contributed by atoms with E-state index in [0.717, 1.165) is 25.9 Å². The van der Waals surface area contributed by atoms with Gasteiger partial charge in [-0.1, -0.05) is 13.8 Å². The van der Waals surface area contributed by atoms with Gasteiger partial charge >= 0.3 is 0 Å². The van der Waals surface area contributed by atoms with E-state index in [1.807, 2.05) is 11.9 Å². The van der Waals surface area contributed by atoms with Crippen LogP contribution in [0.25, 0.3) is 0 Å². The lowest BCUT2D eigenvalue weighted by molar-refractivity contribution is -0.130. The summed E-state index contributed by atoms with van der Waals surface area (Å²) < 4.78 is 0. The fourth-order valence-corrected chi connectivity index (χ4v) is 2.06. The van der Waals surface area contributed by atoms with Gasteiger partial charge in [-0.2, -0.15) is 0 Å². The molecule has 0 aromatic heterocycles. The fourth-order valence-electron chi connectivity index (χ4n) is 2.06. The van der Waals surface area contributed by atoms with Crippen molar-refractivity contribution in [3.05, 3.63) is 0 Å². The van der Waals surface area contributed by atoms with Crippen LogP contribution in [0.4, 0.5) is 0 Å². The van der Waals surface area contributed by atoms with Crippen molar-refractivity contribution in [2.75, 3.05) is 26.7 Å². The van der Waals surface area contributed by atoms with Crippen LogP contribution < -0.4 is 5.32 Å². The predicted molar refractivity (Wildman–Crippen MR) is 59.5 cm³/mol. The highest BCUT2D eigenvalue weighted by Crippen LogP contribution is 2.24. The molecule has 0 aromatic carbocycles. The molecule has 1 atom stereocenters. The number of likely N-dealkylation sites (N-methyl/N-ethyl adjacent to an activating group) is 1. The number of likely N-dealkylation sites (tertiary alicyclic amines) is 1. The number of aliphatic hydroxyl groups is 1. The minimum atomic E-state index is -0.00470. The Kier molecular flexibility index (Phi) is 4.11. The molecule has 2 N–H and O–H groups in total. The van der Waals surface area contributed by atoms with Crippen molar-refractivity contribution >= 4 is 5.91 Å². The zero-order valence-electron chi connectivity index (χ0n) is 9.92. The third-order valence-corrected chi connectivity index (χ3v) is 3.05. The third-order valence-electron chi connectivity index (χ3n) is 3.05. The second-order valence-electron chi connectivity index (χ2n) is 5.03. The summed E-state index contributed by atoms with van der Waals surface area (Å²) in [6, 6.07) is -0.00470. The molecule has 4 heteroatoms. The second-order valence-corrected chi connectivity index (χ2v) is 5.03. The molecule has 1 heterocycles. The first-order valence-electron chi connectivity index (χ1n) is 5.57. The Balaban J connectivity index is 2.49. The largest absolute Gasteiger partial charge is 0.396 e. The van der Waals surface area contributed by atoms with Gasteiger partial charge in [0.05, 0.1) is 6.04 Å². The Hall–Kier alpha value is -0.610. The van der Waals surface area contributed by atoms with E-state index in [9.17, 15) is 4.79 Å². The van der Waals surface area contributed by atoms with E-state index >= 15 is 0 Å². The molecule has 0 radical (unpaired) electrons. The molecule has 1 rings (SSSR count). The second kappa shape index (κ2) is 4.94. The predicted octanol–water partition coefficient (Wildman–Crippen LogP) is 0.215. The lowest BCUT2D eigenvalue weighted by atomic mass is 9.89. The summed E-state index contributed by atoms with van der Waals surface area (Å²) in [6.45, 7) is 5.93. The number of amides is 1. The molecule has 1 unspecified atom stereocenters. The van der Waals surface area contributed by atoms with E-state index in [1.165, 1.54) is 0 Å². The van der Waals surface area contributed by atoms with E-state index in [-0.39, 0.29) is 24.0 Å². The van der Waals surface area contributed by atoms with E-state index in [1.54, 1.807) is 0 Å². The van der Waals surface area contributed by atoms with Crippen LogP contribution in [-0.2, 0) is 4.79 Å². The number of rotatable bonds is 5. The molecule has 1 amide bonds. The van der Waals surface area contributed by atoms with Crippen LogP contribution in [0, 0.1) is 5.41 Å². The molecule has 0 spiro atoms. The molecular formula is C11H22N2O2. The summed E-state index contributed by atoms with van der Waals surface area (Å²) in [5.74, 6) is 0.198. The highest BCUT2D eigenvalue weighted by atomic mass is 16.3. The minimum Gasteiger partial charge on any atom is -0.396 e. The maximum Gasteiger partial charge on any atom is 0.239 e. The average molecular weight is 214 g/mol. The normalized spacial score (nSPS) is 22.5. The van der Waals surface area contributed by atoms with Crippen LogP contribution >= 0.6 is 0 Å². The SMILES string of the molecule is CNC1CCN(CC(C)(C)CCO)C1=O. The molecule has 0 saturated carbocycles. The number of nitrogens with one attached hydrogen (secondary N) is 1. The Labute approximate surface area is 91.6 Å². The Morgan fingerprint density at radius 1 is 1.60 bits per heavy atom. The highest BCUT2D eigenvalue weighted by Gasteiger charge is 2.33. The summed E-state index contributed by atoms with van der Waals surface area (Å²) >= 11 is 0. The van der Waals surface area contributed by atoms with Gasteiger partial charge < -0.3 is 15.3 Å². The fraction of sp³-hybridized carbons (Fsp3) is 0.909. The van der Waals surface area contributed by atoms with Crippen molar-refractivity contribution in [1.29, 1.82) is 0 Å². The smallest absolute Gasteiger partial charge is 0.239 e. The molecular weight excluding hydrogens is 192 g/mol. The number of carbonyl (C=O) groups excluding carboxylic acids is 1. The van der Waals surface area contributed by atoms with Crippen molar-refractivity contribution < 1.29 is 9.90 Å². The van der Waals surface area contributed by atoms with Crippen molar-refractivity contribution in [1.82, 2.24) is 10.2 Å². The standard InChI is InChI=1S/C11H22N2O2/c1-11(2,5-7-14)8-13-6-4-9(12-3)10(13)15/h9,12,14H,4-8H2,1-3H3. The molecule has 0 aliphatic carbocycles. The monoisotopic (exact) mass is 214 g/mol. The molecule has 1 fully saturated rings. The van der Waals surface area contributed by atoms with E-state index in [4.69, 9.17) is 5.11 Å². The summed E-state index contributed by atoms with van der Waals surface area (Å²) in [6.07, 6.45) is 1.63. The van der Waals surface area contributed by atoms with Crippen LogP contribution in [-0.4, -0.2) is 48.7 Å². The number of nitrogens with zero attached hydrogens (tertiary/aromatic N) is 1. The van der Waals surface area contributed by atoms with Crippen LogP contribution in [0.5, 0.6) is 0 Å². The zero-order chi connectivity index (χ0) is 11.5. The van der Waals surface area contributed by atoms with Crippen LogP contribution in [0.15, 0.2) is 0 Å². The van der Waals surface area contributed by atoms with Crippen LogP contribution in [0.2, 0.25) is 0 Å². The van der Waals surface area contributed by atoms with Gasteiger partial charge in [0.2, 0.25) is 5.91 Å². The van der Waals surface area contributed by atoms with Gasteiger partial charge in [-0.15, -0.1) is 0 Å².